The van der Waals surface area contributed by atoms with E-state index in [2.05, 4.69) is 21.2 Å². The second-order valence-electron chi connectivity index (χ2n) is 3.55. The van der Waals surface area contributed by atoms with Crippen molar-refractivity contribution in [2.45, 2.75) is 13.3 Å². The van der Waals surface area contributed by atoms with Crippen LogP contribution in [0.2, 0.25) is 0 Å². The third kappa shape index (κ3) is 5.50. The first-order chi connectivity index (χ1) is 8.81. The van der Waals surface area contributed by atoms with Crippen molar-refractivity contribution < 1.29 is 18.4 Å². The Kier molecular flexibility index (Phi) is 8.29. The fourth-order valence-electron chi connectivity index (χ4n) is 1.57. The van der Waals surface area contributed by atoms with E-state index in [1.165, 1.54) is 0 Å². The van der Waals surface area contributed by atoms with E-state index in [0.29, 0.717) is 5.75 Å². The summed E-state index contributed by atoms with van der Waals surface area (Å²) in [6.07, 6.45) is 1.03. The second kappa shape index (κ2) is 9.53. The van der Waals surface area contributed by atoms with Crippen molar-refractivity contribution in [3.05, 3.63) is 24.3 Å². The van der Waals surface area contributed by atoms with Crippen LogP contribution in [0, 0.1) is 0 Å². The fraction of sp³-hybridized carbons (Fsp3) is 0.455. The van der Waals surface area contributed by atoms with Crippen molar-refractivity contribution in [2.75, 3.05) is 23.7 Å². The molecule has 0 radical (unpaired) electrons. The van der Waals surface area contributed by atoms with Gasteiger partial charge in [0.25, 0.3) is 0 Å². The summed E-state index contributed by atoms with van der Waals surface area (Å²) in [5.41, 5.74) is 1.08. The Morgan fingerprint density at radius 3 is 2.61 bits per heavy atom. The minimum atomic E-state index is -0.960. The average Bonchev–Trinajstić information content (AvgIpc) is 2.42. The topological polar surface area (TPSA) is 61.8 Å². The van der Waals surface area contributed by atoms with E-state index < -0.39 is 15.7 Å². The summed E-state index contributed by atoms with van der Waals surface area (Å²) < 4.78 is 15.9. The number of hydrogen-bond acceptors (Lipinski definition) is 6. The maximum atomic E-state index is 10.8. The summed E-state index contributed by atoms with van der Waals surface area (Å²) in [6, 6.07) is 7.70. The predicted octanol–water partition coefficient (Wildman–Crippen LogP) is 0.450. The fourth-order valence-corrected chi connectivity index (χ4v) is 2.54. The molecule has 0 spiro atoms. The number of nitrogens with zero attached hydrogens (tertiary/aromatic N) is 1. The number of anilines is 1. The zero-order valence-corrected chi connectivity index (χ0v) is 12.8. The van der Waals surface area contributed by atoms with Crippen LogP contribution >= 0.6 is 12.0 Å². The van der Waals surface area contributed by atoms with Gasteiger partial charge in [0.05, 0.1) is 0 Å². The molecular formula is C11H15AsNO4S-. The molecule has 0 aromatic heterocycles. The molecule has 1 aromatic carbocycles. The minimum absolute atomic E-state index is 0.636. The summed E-state index contributed by atoms with van der Waals surface area (Å²) in [6.45, 7) is 3.78. The van der Waals surface area contributed by atoms with Crippen LogP contribution in [0.4, 0.5) is 5.69 Å². The van der Waals surface area contributed by atoms with Gasteiger partial charge in [0, 0.05) is 0 Å². The Morgan fingerprint density at radius 2 is 2.06 bits per heavy atom. The number of benzene rings is 1. The van der Waals surface area contributed by atoms with E-state index in [-0.39, 0.29) is 0 Å². The van der Waals surface area contributed by atoms with Crippen molar-refractivity contribution >= 4 is 37.8 Å². The van der Waals surface area contributed by atoms with Crippen LogP contribution in [-0.2, 0) is 13.1 Å². The summed E-state index contributed by atoms with van der Waals surface area (Å²) in [7, 11) is 0. The normalized spacial score (nSPS) is 10.8. The first-order valence-corrected chi connectivity index (χ1v) is 8.19. The van der Waals surface area contributed by atoms with Crippen LogP contribution in [-0.4, -0.2) is 34.5 Å². The van der Waals surface area contributed by atoms with Gasteiger partial charge in [0.15, 0.2) is 0 Å². The van der Waals surface area contributed by atoms with E-state index in [9.17, 15) is 9.00 Å². The predicted molar refractivity (Wildman–Crippen MR) is 69.6 cm³/mol. The molecule has 0 aliphatic carbocycles. The van der Waals surface area contributed by atoms with E-state index in [0.717, 1.165) is 41.6 Å². The molecule has 0 heterocycles. The molecule has 0 fully saturated rings. The SMILES string of the molecule is CCCN(CCSOO[O-])c1ccc([As]=O)cc1. The van der Waals surface area contributed by atoms with Gasteiger partial charge in [-0.2, -0.15) is 0 Å². The van der Waals surface area contributed by atoms with E-state index in [1.54, 1.807) is 0 Å². The van der Waals surface area contributed by atoms with Gasteiger partial charge in [-0.25, -0.2) is 0 Å². The van der Waals surface area contributed by atoms with Gasteiger partial charge < -0.3 is 0 Å². The Balaban J connectivity index is 2.55. The molecule has 0 aliphatic heterocycles. The molecule has 0 atom stereocenters. The van der Waals surface area contributed by atoms with Crippen molar-refractivity contribution in [1.29, 1.82) is 0 Å². The molecule has 100 valence electrons. The van der Waals surface area contributed by atoms with Crippen LogP contribution in [0.25, 0.3) is 0 Å². The summed E-state index contributed by atoms with van der Waals surface area (Å²) in [4.78, 5) is 2.19. The van der Waals surface area contributed by atoms with Gasteiger partial charge in [0.2, 0.25) is 0 Å². The molecular weight excluding hydrogens is 317 g/mol. The van der Waals surface area contributed by atoms with E-state index in [1.807, 2.05) is 24.3 Å². The number of hydrogen-bond donors (Lipinski definition) is 0. The van der Waals surface area contributed by atoms with Crippen LogP contribution < -0.4 is 14.5 Å². The van der Waals surface area contributed by atoms with E-state index >= 15 is 0 Å². The average molecular weight is 332 g/mol. The van der Waals surface area contributed by atoms with Crippen LogP contribution in [0.5, 0.6) is 0 Å². The summed E-state index contributed by atoms with van der Waals surface area (Å²) in [5, 5.41) is 12.9. The molecule has 0 saturated heterocycles. The Hall–Kier alpha value is -0.392. The van der Waals surface area contributed by atoms with Gasteiger partial charge >= 0.3 is 117 Å². The van der Waals surface area contributed by atoms with Crippen molar-refractivity contribution in [3.8, 4) is 0 Å². The molecule has 0 N–H and O–H groups in total. The first kappa shape index (κ1) is 15.7. The van der Waals surface area contributed by atoms with Gasteiger partial charge in [0.1, 0.15) is 0 Å². The Morgan fingerprint density at radius 1 is 1.33 bits per heavy atom. The molecule has 0 bridgehead atoms. The molecule has 1 rings (SSSR count). The number of rotatable bonds is 9. The van der Waals surface area contributed by atoms with Gasteiger partial charge in [-0.1, -0.05) is 0 Å². The monoisotopic (exact) mass is 332 g/mol. The zero-order valence-electron chi connectivity index (χ0n) is 10.1. The summed E-state index contributed by atoms with van der Waals surface area (Å²) >= 11 is 0.0283. The van der Waals surface area contributed by atoms with Gasteiger partial charge in [-0.05, 0) is 0 Å². The van der Waals surface area contributed by atoms with Gasteiger partial charge in [-0.15, -0.1) is 0 Å². The third-order valence-corrected chi connectivity index (χ3v) is 3.90. The maximum absolute atomic E-state index is 10.8. The summed E-state index contributed by atoms with van der Waals surface area (Å²) in [5.74, 6) is 0.636. The quantitative estimate of drug-likeness (QED) is 0.215. The van der Waals surface area contributed by atoms with E-state index in [4.69, 9.17) is 0 Å². The molecule has 5 nitrogen and oxygen atoms in total. The molecule has 0 amide bonds. The third-order valence-electron chi connectivity index (χ3n) is 2.33. The molecule has 0 unspecified atom stereocenters. The van der Waals surface area contributed by atoms with Crippen LogP contribution in [0.1, 0.15) is 13.3 Å². The Bertz CT molecular complexity index is 349. The second-order valence-corrected chi connectivity index (χ2v) is 5.80. The molecule has 18 heavy (non-hydrogen) atoms. The van der Waals surface area contributed by atoms with Crippen LogP contribution in [0.15, 0.2) is 24.3 Å². The van der Waals surface area contributed by atoms with Crippen molar-refractivity contribution in [1.82, 2.24) is 0 Å². The molecule has 7 heteroatoms. The zero-order chi connectivity index (χ0) is 13.2. The van der Waals surface area contributed by atoms with Gasteiger partial charge in [-0.3, -0.25) is 0 Å². The molecule has 0 aliphatic rings. The van der Waals surface area contributed by atoms with Crippen molar-refractivity contribution in [2.24, 2.45) is 0 Å². The molecule has 0 saturated carbocycles. The van der Waals surface area contributed by atoms with Crippen LogP contribution in [0.3, 0.4) is 0 Å². The first-order valence-electron chi connectivity index (χ1n) is 5.58. The standard InChI is InChI=1S/C11H16AsNO4S/c1-2-7-13(8-9-18-17-16-15)11-5-3-10(12-14)4-6-11/h3-6,15H,2,7-9H2,1H3/p-1. The van der Waals surface area contributed by atoms with Crippen molar-refractivity contribution in [3.63, 3.8) is 0 Å². The molecule has 1 aromatic rings. The Labute approximate surface area is 117 Å².